The number of terminal acetylenes is 1. The SMILES string of the molecule is C#Cc1ccc(NC2CCCCO2)c(C=N)c1. The molecule has 17 heavy (non-hydrogen) atoms. The molecule has 1 atom stereocenters. The van der Waals surface area contributed by atoms with E-state index in [2.05, 4.69) is 11.2 Å². The minimum Gasteiger partial charge on any atom is -0.360 e. The van der Waals surface area contributed by atoms with Gasteiger partial charge in [-0.2, -0.15) is 0 Å². The van der Waals surface area contributed by atoms with Gasteiger partial charge in [-0.3, -0.25) is 0 Å². The molecule has 0 aliphatic carbocycles. The molecule has 1 aliphatic rings. The molecular formula is C14H16N2O. The van der Waals surface area contributed by atoms with Crippen LogP contribution in [0.3, 0.4) is 0 Å². The largest absolute Gasteiger partial charge is 0.360 e. The van der Waals surface area contributed by atoms with Crippen molar-refractivity contribution in [2.24, 2.45) is 0 Å². The predicted octanol–water partition coefficient (Wildman–Crippen LogP) is 2.60. The highest BCUT2D eigenvalue weighted by molar-refractivity contribution is 5.86. The molecule has 0 saturated carbocycles. The molecule has 1 fully saturated rings. The highest BCUT2D eigenvalue weighted by atomic mass is 16.5. The standard InChI is InChI=1S/C14H16N2O/c1-2-11-6-7-13(12(9-11)10-15)16-14-5-3-4-8-17-14/h1,6-7,9-10,14-16H,3-5,8H2. The van der Waals surface area contributed by atoms with Crippen LogP contribution in [0.4, 0.5) is 5.69 Å². The van der Waals surface area contributed by atoms with Gasteiger partial charge in [0.2, 0.25) is 0 Å². The molecule has 2 rings (SSSR count). The third kappa shape index (κ3) is 2.86. The van der Waals surface area contributed by atoms with E-state index in [0.717, 1.165) is 36.3 Å². The van der Waals surface area contributed by atoms with E-state index in [1.807, 2.05) is 18.2 Å². The number of hydrogen-bond donors (Lipinski definition) is 2. The molecule has 88 valence electrons. The second kappa shape index (κ2) is 5.51. The van der Waals surface area contributed by atoms with Crippen molar-refractivity contribution in [3.05, 3.63) is 29.3 Å². The van der Waals surface area contributed by atoms with Gasteiger partial charge >= 0.3 is 0 Å². The van der Waals surface area contributed by atoms with Crippen LogP contribution >= 0.6 is 0 Å². The van der Waals surface area contributed by atoms with Gasteiger partial charge in [0.05, 0.1) is 0 Å². The summed E-state index contributed by atoms with van der Waals surface area (Å²) in [6.07, 6.45) is 10.0. The van der Waals surface area contributed by atoms with Gasteiger partial charge < -0.3 is 15.5 Å². The first-order valence-electron chi connectivity index (χ1n) is 5.83. The Morgan fingerprint density at radius 2 is 2.35 bits per heavy atom. The van der Waals surface area contributed by atoms with Crippen molar-refractivity contribution in [1.82, 2.24) is 0 Å². The molecule has 1 unspecified atom stereocenters. The summed E-state index contributed by atoms with van der Waals surface area (Å²) in [5.41, 5.74) is 2.50. The zero-order chi connectivity index (χ0) is 12.1. The second-order valence-corrected chi connectivity index (χ2v) is 4.09. The molecule has 1 saturated heterocycles. The topological polar surface area (TPSA) is 45.1 Å². The minimum atomic E-state index is 0.0548. The zero-order valence-electron chi connectivity index (χ0n) is 9.70. The second-order valence-electron chi connectivity index (χ2n) is 4.09. The summed E-state index contributed by atoms with van der Waals surface area (Å²) in [4.78, 5) is 0. The normalized spacial score (nSPS) is 19.4. The number of nitrogens with one attached hydrogen (secondary N) is 2. The van der Waals surface area contributed by atoms with E-state index < -0.39 is 0 Å². The van der Waals surface area contributed by atoms with E-state index in [9.17, 15) is 0 Å². The van der Waals surface area contributed by atoms with E-state index in [4.69, 9.17) is 16.6 Å². The molecule has 1 aromatic rings. The van der Waals surface area contributed by atoms with Crippen molar-refractivity contribution < 1.29 is 4.74 Å². The van der Waals surface area contributed by atoms with Gasteiger partial charge in [-0.25, -0.2) is 0 Å². The fourth-order valence-electron chi connectivity index (χ4n) is 1.93. The number of hydrogen-bond acceptors (Lipinski definition) is 3. The molecule has 1 heterocycles. The van der Waals surface area contributed by atoms with Gasteiger partial charge in [-0.1, -0.05) is 5.92 Å². The van der Waals surface area contributed by atoms with Crippen LogP contribution in [0.5, 0.6) is 0 Å². The maximum atomic E-state index is 7.40. The number of benzene rings is 1. The lowest BCUT2D eigenvalue weighted by atomic mass is 10.1. The molecule has 3 nitrogen and oxygen atoms in total. The van der Waals surface area contributed by atoms with Crippen LogP contribution in [-0.4, -0.2) is 19.0 Å². The van der Waals surface area contributed by atoms with Crippen molar-refractivity contribution in [1.29, 1.82) is 5.41 Å². The van der Waals surface area contributed by atoms with Crippen LogP contribution in [0.2, 0.25) is 0 Å². The van der Waals surface area contributed by atoms with Crippen LogP contribution in [-0.2, 0) is 4.74 Å². The van der Waals surface area contributed by atoms with Gasteiger partial charge in [-0.05, 0) is 37.5 Å². The molecule has 0 bridgehead atoms. The van der Waals surface area contributed by atoms with Gasteiger partial charge in [0.1, 0.15) is 6.23 Å². The summed E-state index contributed by atoms with van der Waals surface area (Å²) in [6.45, 7) is 0.806. The summed E-state index contributed by atoms with van der Waals surface area (Å²) in [6, 6.07) is 5.61. The Morgan fingerprint density at radius 3 is 3.00 bits per heavy atom. The van der Waals surface area contributed by atoms with Crippen LogP contribution in [0.1, 0.15) is 30.4 Å². The quantitative estimate of drug-likeness (QED) is 0.617. The first kappa shape index (κ1) is 11.7. The summed E-state index contributed by atoms with van der Waals surface area (Å²) in [5, 5.41) is 10.7. The Bertz CT molecular complexity index is 442. The molecule has 3 heteroatoms. The van der Waals surface area contributed by atoms with Crippen molar-refractivity contribution in [2.45, 2.75) is 25.5 Å². The molecule has 1 aromatic carbocycles. The van der Waals surface area contributed by atoms with E-state index in [1.54, 1.807) is 0 Å². The van der Waals surface area contributed by atoms with E-state index in [0.29, 0.717) is 0 Å². The van der Waals surface area contributed by atoms with Gasteiger partial charge in [0, 0.05) is 29.6 Å². The summed E-state index contributed by atoms with van der Waals surface area (Å²) >= 11 is 0. The average molecular weight is 228 g/mol. The molecule has 0 amide bonds. The fraction of sp³-hybridized carbons (Fsp3) is 0.357. The number of anilines is 1. The Hall–Kier alpha value is -1.79. The smallest absolute Gasteiger partial charge is 0.127 e. The Kier molecular flexibility index (Phi) is 3.79. The third-order valence-electron chi connectivity index (χ3n) is 2.87. The summed E-state index contributed by atoms with van der Waals surface area (Å²) in [7, 11) is 0. The molecule has 0 radical (unpaired) electrons. The fourth-order valence-corrected chi connectivity index (χ4v) is 1.93. The number of rotatable bonds is 3. The maximum absolute atomic E-state index is 7.40. The predicted molar refractivity (Wildman–Crippen MR) is 69.5 cm³/mol. The molecule has 2 N–H and O–H groups in total. The molecule has 0 aromatic heterocycles. The van der Waals surface area contributed by atoms with Crippen molar-refractivity contribution in [2.75, 3.05) is 11.9 Å². The highest BCUT2D eigenvalue weighted by Crippen LogP contribution is 2.20. The highest BCUT2D eigenvalue weighted by Gasteiger charge is 2.14. The molecule has 0 spiro atoms. The summed E-state index contributed by atoms with van der Waals surface area (Å²) in [5.74, 6) is 2.57. The Morgan fingerprint density at radius 1 is 1.47 bits per heavy atom. The third-order valence-corrected chi connectivity index (χ3v) is 2.87. The van der Waals surface area contributed by atoms with Gasteiger partial charge in [-0.15, -0.1) is 6.42 Å². The Balaban J connectivity index is 2.14. The van der Waals surface area contributed by atoms with Crippen molar-refractivity contribution >= 4 is 11.9 Å². The average Bonchev–Trinajstić information content (AvgIpc) is 2.40. The first-order chi connectivity index (χ1) is 8.33. The van der Waals surface area contributed by atoms with E-state index in [1.165, 1.54) is 12.6 Å². The van der Waals surface area contributed by atoms with Crippen molar-refractivity contribution in [3.63, 3.8) is 0 Å². The maximum Gasteiger partial charge on any atom is 0.127 e. The lowest BCUT2D eigenvalue weighted by Crippen LogP contribution is -2.27. The monoisotopic (exact) mass is 228 g/mol. The van der Waals surface area contributed by atoms with Crippen LogP contribution < -0.4 is 5.32 Å². The van der Waals surface area contributed by atoms with Crippen LogP contribution in [0.25, 0.3) is 0 Å². The summed E-state index contributed by atoms with van der Waals surface area (Å²) < 4.78 is 5.61. The van der Waals surface area contributed by atoms with Crippen LogP contribution in [0.15, 0.2) is 18.2 Å². The first-order valence-corrected chi connectivity index (χ1v) is 5.83. The van der Waals surface area contributed by atoms with E-state index >= 15 is 0 Å². The lowest BCUT2D eigenvalue weighted by Gasteiger charge is -2.25. The zero-order valence-corrected chi connectivity index (χ0v) is 9.70. The van der Waals surface area contributed by atoms with E-state index in [-0.39, 0.29) is 6.23 Å². The van der Waals surface area contributed by atoms with Crippen LogP contribution in [0, 0.1) is 17.8 Å². The van der Waals surface area contributed by atoms with Gasteiger partial charge in [0.25, 0.3) is 0 Å². The molecule has 1 aliphatic heterocycles. The lowest BCUT2D eigenvalue weighted by molar-refractivity contribution is 0.0343. The molecular weight excluding hydrogens is 212 g/mol. The minimum absolute atomic E-state index is 0.0548. The van der Waals surface area contributed by atoms with Gasteiger partial charge in [0.15, 0.2) is 0 Å². The Labute approximate surface area is 102 Å². The number of ether oxygens (including phenoxy) is 1. The van der Waals surface area contributed by atoms with Crippen molar-refractivity contribution in [3.8, 4) is 12.3 Å².